The third-order valence-corrected chi connectivity index (χ3v) is 3.00. The van der Waals surface area contributed by atoms with E-state index in [4.69, 9.17) is 13.9 Å². The van der Waals surface area contributed by atoms with Crippen LogP contribution in [0.25, 0.3) is 6.08 Å². The normalized spacial score (nSPS) is 15.1. The van der Waals surface area contributed by atoms with Crippen molar-refractivity contribution in [3.8, 4) is 5.75 Å². The highest BCUT2D eigenvalue weighted by atomic mass is 16.7. The summed E-state index contributed by atoms with van der Waals surface area (Å²) in [6, 6.07) is 9.85. The fourth-order valence-corrected chi connectivity index (χ4v) is 1.95. The molecule has 0 saturated carbocycles. The molecular weight excluding hydrogens is 314 g/mol. The maximum absolute atomic E-state index is 11.8. The summed E-state index contributed by atoms with van der Waals surface area (Å²) in [5.41, 5.74) is 0.850. The Labute approximate surface area is 137 Å². The second-order valence-corrected chi connectivity index (χ2v) is 4.67. The third kappa shape index (κ3) is 3.52. The maximum atomic E-state index is 11.8. The van der Waals surface area contributed by atoms with E-state index in [-0.39, 0.29) is 18.2 Å². The van der Waals surface area contributed by atoms with E-state index in [0.29, 0.717) is 17.1 Å². The van der Waals surface area contributed by atoms with Gasteiger partial charge < -0.3 is 18.6 Å². The van der Waals surface area contributed by atoms with Gasteiger partial charge in [0.15, 0.2) is 11.5 Å². The van der Waals surface area contributed by atoms with Gasteiger partial charge in [0.2, 0.25) is 0 Å². The summed E-state index contributed by atoms with van der Waals surface area (Å²) < 4.78 is 19.8. The minimum absolute atomic E-state index is 0.124. The molecule has 0 unspecified atom stereocenters. The monoisotopic (exact) mass is 327 g/mol. The van der Waals surface area contributed by atoms with Gasteiger partial charge in [-0.3, -0.25) is 0 Å². The molecule has 122 valence electrons. The lowest BCUT2D eigenvalue weighted by Crippen LogP contribution is -2.09. The first-order valence-corrected chi connectivity index (χ1v) is 7.17. The van der Waals surface area contributed by atoms with E-state index in [0.717, 1.165) is 0 Å². The molecule has 0 fully saturated rings. The van der Waals surface area contributed by atoms with Gasteiger partial charge in [0.05, 0.1) is 12.9 Å². The van der Waals surface area contributed by atoms with Gasteiger partial charge in [0.1, 0.15) is 5.75 Å². The zero-order valence-electron chi connectivity index (χ0n) is 12.7. The van der Waals surface area contributed by atoms with Crippen molar-refractivity contribution in [2.24, 2.45) is 4.99 Å². The van der Waals surface area contributed by atoms with Gasteiger partial charge in [-0.25, -0.2) is 14.6 Å². The van der Waals surface area contributed by atoms with Crippen LogP contribution in [0.1, 0.15) is 18.2 Å². The predicted octanol–water partition coefficient (Wildman–Crippen LogP) is 3.16. The molecule has 0 saturated heterocycles. The van der Waals surface area contributed by atoms with Crippen molar-refractivity contribution in [1.29, 1.82) is 0 Å². The molecule has 1 aromatic carbocycles. The summed E-state index contributed by atoms with van der Waals surface area (Å²) in [4.78, 5) is 27.2. The lowest BCUT2D eigenvalue weighted by molar-refractivity contribution is -0.130. The second-order valence-electron chi connectivity index (χ2n) is 4.67. The van der Waals surface area contributed by atoms with Crippen LogP contribution in [0, 0.1) is 0 Å². The van der Waals surface area contributed by atoms with Gasteiger partial charge in [0, 0.05) is 0 Å². The fraction of sp³-hybridized carbons (Fsp3) is 0.118. The molecule has 0 bridgehead atoms. The van der Waals surface area contributed by atoms with E-state index < -0.39 is 12.1 Å². The summed E-state index contributed by atoms with van der Waals surface area (Å²) in [6.45, 7) is 1.93. The Morgan fingerprint density at radius 2 is 2.04 bits per heavy atom. The minimum Gasteiger partial charge on any atom is -0.459 e. The molecule has 24 heavy (non-hydrogen) atoms. The first-order chi connectivity index (χ1) is 11.7. The Hall–Kier alpha value is -3.35. The van der Waals surface area contributed by atoms with Crippen LogP contribution in [0.2, 0.25) is 0 Å². The van der Waals surface area contributed by atoms with Crippen LogP contribution >= 0.6 is 0 Å². The summed E-state index contributed by atoms with van der Waals surface area (Å²) in [5, 5.41) is 0. The minimum atomic E-state index is -0.768. The number of nitrogens with zero attached hydrogens (tertiary/aromatic N) is 1. The van der Waals surface area contributed by atoms with Crippen LogP contribution in [0.3, 0.4) is 0 Å². The van der Waals surface area contributed by atoms with Crippen molar-refractivity contribution >= 4 is 24.1 Å². The van der Waals surface area contributed by atoms with Crippen molar-refractivity contribution < 1.29 is 28.2 Å². The second kappa shape index (κ2) is 6.82. The molecule has 7 nitrogen and oxygen atoms in total. The first-order valence-electron chi connectivity index (χ1n) is 7.17. The van der Waals surface area contributed by atoms with Crippen LogP contribution in [0.4, 0.5) is 4.79 Å². The van der Waals surface area contributed by atoms with E-state index >= 15 is 0 Å². The first kappa shape index (κ1) is 15.5. The fourth-order valence-electron chi connectivity index (χ4n) is 1.95. The molecule has 2 heterocycles. The van der Waals surface area contributed by atoms with E-state index in [1.165, 1.54) is 6.26 Å². The third-order valence-electron chi connectivity index (χ3n) is 3.00. The average molecular weight is 327 g/mol. The standard InChI is InChI=1S/C17H13NO6/c1-2-21-17(20)23-12-7-5-11(6-8-12)10-13-16(19)24-15(18-13)14-4-3-9-22-14/h3-10H,2H2,1H3. The number of rotatable bonds is 4. The zero-order valence-corrected chi connectivity index (χ0v) is 12.7. The Morgan fingerprint density at radius 1 is 1.25 bits per heavy atom. The maximum Gasteiger partial charge on any atom is 0.513 e. The van der Waals surface area contributed by atoms with Crippen molar-refractivity contribution in [2.75, 3.05) is 6.61 Å². The molecule has 0 atom stereocenters. The molecule has 0 amide bonds. The van der Waals surface area contributed by atoms with Crippen LogP contribution in [0.5, 0.6) is 5.75 Å². The molecule has 1 aliphatic heterocycles. The Balaban J connectivity index is 1.74. The number of ether oxygens (including phenoxy) is 3. The number of furan rings is 1. The van der Waals surface area contributed by atoms with Gasteiger partial charge in [-0.1, -0.05) is 12.1 Å². The van der Waals surface area contributed by atoms with Crippen LogP contribution in [0.15, 0.2) is 57.8 Å². The Kier molecular flexibility index (Phi) is 4.42. The van der Waals surface area contributed by atoms with Crippen molar-refractivity contribution in [1.82, 2.24) is 0 Å². The van der Waals surface area contributed by atoms with Gasteiger partial charge in [0.25, 0.3) is 5.90 Å². The van der Waals surface area contributed by atoms with Crippen LogP contribution < -0.4 is 4.74 Å². The van der Waals surface area contributed by atoms with Crippen molar-refractivity contribution in [2.45, 2.75) is 6.92 Å². The molecule has 0 N–H and O–H groups in total. The molecule has 0 spiro atoms. The van der Waals surface area contributed by atoms with Crippen molar-refractivity contribution in [3.05, 3.63) is 59.7 Å². The van der Waals surface area contributed by atoms with Gasteiger partial charge in [-0.15, -0.1) is 0 Å². The molecule has 2 aromatic rings. The van der Waals surface area contributed by atoms with Gasteiger partial charge >= 0.3 is 12.1 Å². The van der Waals surface area contributed by atoms with Gasteiger partial charge in [-0.05, 0) is 42.8 Å². The molecule has 1 aliphatic rings. The molecule has 0 aliphatic carbocycles. The molecule has 3 rings (SSSR count). The molecule has 7 heteroatoms. The average Bonchev–Trinajstić information content (AvgIpc) is 3.20. The van der Waals surface area contributed by atoms with E-state index in [2.05, 4.69) is 9.73 Å². The number of carbonyl (C=O) groups excluding carboxylic acids is 2. The number of benzene rings is 1. The summed E-state index contributed by atoms with van der Waals surface area (Å²) >= 11 is 0. The molecule has 1 aromatic heterocycles. The summed E-state index contributed by atoms with van der Waals surface area (Å²) in [7, 11) is 0. The highest BCUT2D eigenvalue weighted by Crippen LogP contribution is 2.20. The number of esters is 1. The quantitative estimate of drug-likeness (QED) is 0.487. The SMILES string of the molecule is CCOC(=O)Oc1ccc(C=C2N=C(c3ccco3)OC2=O)cc1. The van der Waals surface area contributed by atoms with E-state index in [1.54, 1.807) is 49.4 Å². The molecule has 0 radical (unpaired) electrons. The highest BCUT2D eigenvalue weighted by Gasteiger charge is 2.25. The van der Waals surface area contributed by atoms with E-state index in [1.807, 2.05) is 0 Å². The smallest absolute Gasteiger partial charge is 0.459 e. The predicted molar refractivity (Wildman–Crippen MR) is 83.4 cm³/mol. The number of aliphatic imine (C=N–C) groups is 1. The summed E-state index contributed by atoms with van der Waals surface area (Å²) in [5.74, 6) is 0.279. The lowest BCUT2D eigenvalue weighted by atomic mass is 10.2. The topological polar surface area (TPSA) is 87.3 Å². The molecular formula is C17H13NO6. The summed E-state index contributed by atoms with van der Waals surface area (Å²) in [6.07, 6.45) is 2.26. The van der Waals surface area contributed by atoms with Gasteiger partial charge in [-0.2, -0.15) is 0 Å². The lowest BCUT2D eigenvalue weighted by Gasteiger charge is -2.03. The Bertz CT molecular complexity index is 802. The number of cyclic esters (lactones) is 1. The number of hydrogen-bond donors (Lipinski definition) is 0. The Morgan fingerprint density at radius 3 is 2.71 bits per heavy atom. The highest BCUT2D eigenvalue weighted by molar-refractivity contribution is 6.11. The van der Waals surface area contributed by atoms with Crippen LogP contribution in [-0.2, 0) is 14.3 Å². The number of carbonyl (C=O) groups is 2. The van der Waals surface area contributed by atoms with Crippen molar-refractivity contribution in [3.63, 3.8) is 0 Å². The van der Waals surface area contributed by atoms with E-state index in [9.17, 15) is 9.59 Å². The zero-order chi connectivity index (χ0) is 16.9. The largest absolute Gasteiger partial charge is 0.513 e. The van der Waals surface area contributed by atoms with Crippen LogP contribution in [-0.4, -0.2) is 24.6 Å². The number of hydrogen-bond acceptors (Lipinski definition) is 7.